The summed E-state index contributed by atoms with van der Waals surface area (Å²) in [5, 5.41) is 3.36. The maximum atomic E-state index is 13.0. The smallest absolute Gasteiger partial charge is 0.123 e. The predicted molar refractivity (Wildman–Crippen MR) is 68.7 cm³/mol. The van der Waals surface area contributed by atoms with Crippen LogP contribution in [-0.4, -0.2) is 25.3 Å². The molecule has 0 spiro atoms. The second-order valence-electron chi connectivity index (χ2n) is 4.61. The summed E-state index contributed by atoms with van der Waals surface area (Å²) in [7, 11) is 0. The molecule has 0 aromatic heterocycles. The summed E-state index contributed by atoms with van der Waals surface area (Å²) in [6, 6.07) is 7.08. The molecule has 0 fully saturated rings. The lowest BCUT2D eigenvalue weighted by Gasteiger charge is -2.15. The highest BCUT2D eigenvalue weighted by atomic mass is 19.1. The summed E-state index contributed by atoms with van der Waals surface area (Å²) >= 11 is 0. The summed E-state index contributed by atoms with van der Waals surface area (Å²) in [5.74, 6) is -0.169. The van der Waals surface area contributed by atoms with Crippen molar-refractivity contribution in [3.05, 3.63) is 35.6 Å². The number of rotatable bonds is 7. The van der Waals surface area contributed by atoms with Gasteiger partial charge in [0.15, 0.2) is 0 Å². The number of halogens is 1. The summed E-state index contributed by atoms with van der Waals surface area (Å²) < 4.78 is 18.4. The lowest BCUT2D eigenvalue weighted by Crippen LogP contribution is -2.31. The molecule has 0 heterocycles. The van der Waals surface area contributed by atoms with Gasteiger partial charge in [0.05, 0.1) is 12.7 Å². The molecule has 3 heteroatoms. The second-order valence-corrected chi connectivity index (χ2v) is 4.61. The first-order valence-electron chi connectivity index (χ1n) is 6.17. The minimum absolute atomic E-state index is 0.169. The summed E-state index contributed by atoms with van der Waals surface area (Å²) in [6.45, 7) is 7.69. The Kier molecular flexibility index (Phi) is 6.16. The normalized spacial score (nSPS) is 13.0. The molecule has 0 amide bonds. The molecule has 1 aromatic rings. The molecule has 0 aliphatic heterocycles. The molecule has 0 radical (unpaired) electrons. The number of ether oxygens (including phenoxy) is 1. The molecule has 96 valence electrons. The van der Waals surface area contributed by atoms with Crippen molar-refractivity contribution in [1.29, 1.82) is 0 Å². The molecule has 17 heavy (non-hydrogen) atoms. The number of benzene rings is 1. The van der Waals surface area contributed by atoms with Gasteiger partial charge in [0.2, 0.25) is 0 Å². The van der Waals surface area contributed by atoms with E-state index in [1.165, 1.54) is 6.07 Å². The average Bonchev–Trinajstić information content (AvgIpc) is 2.24. The van der Waals surface area contributed by atoms with Gasteiger partial charge in [-0.3, -0.25) is 0 Å². The van der Waals surface area contributed by atoms with Crippen molar-refractivity contribution in [3.63, 3.8) is 0 Å². The summed E-state index contributed by atoms with van der Waals surface area (Å²) in [4.78, 5) is 0. The molecule has 0 saturated heterocycles. The molecule has 1 rings (SSSR count). The maximum Gasteiger partial charge on any atom is 0.123 e. The Balaban J connectivity index is 2.23. The van der Waals surface area contributed by atoms with Crippen molar-refractivity contribution in [1.82, 2.24) is 5.32 Å². The van der Waals surface area contributed by atoms with E-state index in [-0.39, 0.29) is 11.9 Å². The first-order chi connectivity index (χ1) is 8.08. The Labute approximate surface area is 103 Å². The van der Waals surface area contributed by atoms with Crippen LogP contribution in [0.15, 0.2) is 24.3 Å². The Hall–Kier alpha value is -0.930. The van der Waals surface area contributed by atoms with E-state index in [1.54, 1.807) is 12.1 Å². The largest absolute Gasteiger partial charge is 0.377 e. The van der Waals surface area contributed by atoms with Crippen molar-refractivity contribution >= 4 is 0 Å². The third-order valence-electron chi connectivity index (χ3n) is 2.48. The quantitative estimate of drug-likeness (QED) is 0.739. The van der Waals surface area contributed by atoms with E-state index in [9.17, 15) is 4.39 Å². The number of hydrogen-bond acceptors (Lipinski definition) is 2. The molecule has 1 aromatic carbocycles. The van der Waals surface area contributed by atoms with Crippen molar-refractivity contribution in [3.8, 4) is 0 Å². The Bertz CT molecular complexity index is 328. The highest BCUT2D eigenvalue weighted by molar-refractivity contribution is 5.17. The Morgan fingerprint density at radius 1 is 1.29 bits per heavy atom. The molecule has 1 atom stereocenters. The number of hydrogen-bond donors (Lipinski definition) is 1. The van der Waals surface area contributed by atoms with Crippen LogP contribution in [0.5, 0.6) is 0 Å². The zero-order valence-corrected chi connectivity index (χ0v) is 10.9. The van der Waals surface area contributed by atoms with Crippen LogP contribution < -0.4 is 5.32 Å². The highest BCUT2D eigenvalue weighted by Gasteiger charge is 2.03. The molecule has 1 N–H and O–H groups in total. The molecule has 0 aliphatic rings. The van der Waals surface area contributed by atoms with Crippen LogP contribution in [0.1, 0.15) is 26.3 Å². The van der Waals surface area contributed by atoms with Gasteiger partial charge in [0.1, 0.15) is 5.82 Å². The van der Waals surface area contributed by atoms with Gasteiger partial charge in [-0.1, -0.05) is 12.1 Å². The van der Waals surface area contributed by atoms with E-state index < -0.39 is 0 Å². The van der Waals surface area contributed by atoms with Gasteiger partial charge in [-0.2, -0.15) is 0 Å². The van der Waals surface area contributed by atoms with Crippen LogP contribution >= 0.6 is 0 Å². The molecule has 0 bridgehead atoms. The average molecular weight is 239 g/mol. The van der Waals surface area contributed by atoms with Gasteiger partial charge in [0.25, 0.3) is 0 Å². The summed E-state index contributed by atoms with van der Waals surface area (Å²) in [6.07, 6.45) is 1.11. The third kappa shape index (κ3) is 6.39. The van der Waals surface area contributed by atoms with Crippen LogP contribution in [0.3, 0.4) is 0 Å². The van der Waals surface area contributed by atoms with E-state index in [2.05, 4.69) is 12.2 Å². The Morgan fingerprint density at radius 2 is 2.06 bits per heavy atom. The van der Waals surface area contributed by atoms with Crippen LogP contribution in [0.25, 0.3) is 0 Å². The van der Waals surface area contributed by atoms with Crippen LogP contribution in [-0.2, 0) is 11.2 Å². The highest BCUT2D eigenvalue weighted by Crippen LogP contribution is 2.06. The van der Waals surface area contributed by atoms with Gasteiger partial charge in [-0.25, -0.2) is 4.39 Å². The monoisotopic (exact) mass is 239 g/mol. The Morgan fingerprint density at radius 3 is 2.71 bits per heavy atom. The van der Waals surface area contributed by atoms with Crippen molar-refractivity contribution in [2.75, 3.05) is 13.2 Å². The fraction of sp³-hybridized carbons (Fsp3) is 0.571. The van der Waals surface area contributed by atoms with Gasteiger partial charge >= 0.3 is 0 Å². The molecule has 1 unspecified atom stereocenters. The van der Waals surface area contributed by atoms with Gasteiger partial charge in [0, 0.05) is 12.6 Å². The standard InChI is InChI=1S/C14H22FNO/c1-11(2)17-8-7-16-12(3)9-13-5-4-6-14(15)10-13/h4-6,10-12,16H,7-9H2,1-3H3. The fourth-order valence-electron chi connectivity index (χ4n) is 1.69. The van der Waals surface area contributed by atoms with Gasteiger partial charge in [-0.15, -0.1) is 0 Å². The topological polar surface area (TPSA) is 21.3 Å². The third-order valence-corrected chi connectivity index (χ3v) is 2.48. The van der Waals surface area contributed by atoms with Crippen LogP contribution in [0.4, 0.5) is 4.39 Å². The maximum absolute atomic E-state index is 13.0. The molecule has 0 saturated carbocycles. The van der Waals surface area contributed by atoms with Gasteiger partial charge in [-0.05, 0) is 44.9 Å². The molecular weight excluding hydrogens is 217 g/mol. The zero-order chi connectivity index (χ0) is 12.7. The van der Waals surface area contributed by atoms with E-state index in [0.717, 1.165) is 18.5 Å². The lowest BCUT2D eigenvalue weighted by molar-refractivity contribution is 0.0796. The number of nitrogens with one attached hydrogen (secondary N) is 1. The van der Waals surface area contributed by atoms with Crippen LogP contribution in [0, 0.1) is 5.82 Å². The first kappa shape index (κ1) is 14.1. The minimum Gasteiger partial charge on any atom is -0.377 e. The SMILES string of the molecule is CC(Cc1cccc(F)c1)NCCOC(C)C. The molecule has 2 nitrogen and oxygen atoms in total. The van der Waals surface area contributed by atoms with Crippen LogP contribution in [0.2, 0.25) is 0 Å². The minimum atomic E-state index is -0.169. The van der Waals surface area contributed by atoms with Crippen molar-refractivity contribution in [2.45, 2.75) is 39.3 Å². The predicted octanol–water partition coefficient (Wildman–Crippen LogP) is 2.77. The fourth-order valence-corrected chi connectivity index (χ4v) is 1.69. The lowest BCUT2D eigenvalue weighted by atomic mass is 10.1. The van der Waals surface area contributed by atoms with E-state index >= 15 is 0 Å². The van der Waals surface area contributed by atoms with E-state index in [0.29, 0.717) is 12.6 Å². The van der Waals surface area contributed by atoms with E-state index in [4.69, 9.17) is 4.74 Å². The second kappa shape index (κ2) is 7.41. The van der Waals surface area contributed by atoms with E-state index in [1.807, 2.05) is 19.9 Å². The van der Waals surface area contributed by atoms with Crippen molar-refractivity contribution in [2.24, 2.45) is 0 Å². The van der Waals surface area contributed by atoms with Gasteiger partial charge < -0.3 is 10.1 Å². The summed E-state index contributed by atoms with van der Waals surface area (Å²) in [5.41, 5.74) is 1.02. The van der Waals surface area contributed by atoms with Crippen molar-refractivity contribution < 1.29 is 9.13 Å². The first-order valence-corrected chi connectivity index (χ1v) is 6.17. The molecule has 0 aliphatic carbocycles. The zero-order valence-electron chi connectivity index (χ0n) is 10.9. The molecular formula is C14H22FNO.